The van der Waals surface area contributed by atoms with Crippen LogP contribution in [-0.4, -0.2) is 34.9 Å². The molecule has 0 radical (unpaired) electrons. The van der Waals surface area contributed by atoms with Gasteiger partial charge in [-0.25, -0.2) is 0 Å². The van der Waals surface area contributed by atoms with Crippen LogP contribution in [0.5, 0.6) is 0 Å². The maximum absolute atomic E-state index is 12.1. The van der Waals surface area contributed by atoms with E-state index in [4.69, 9.17) is 0 Å². The van der Waals surface area contributed by atoms with Crippen LogP contribution in [-0.2, 0) is 4.79 Å². The van der Waals surface area contributed by atoms with E-state index in [2.05, 4.69) is 116 Å². The molecular formula is C40H63NO3. The van der Waals surface area contributed by atoms with Crippen molar-refractivity contribution in [3.05, 3.63) is 109 Å². The van der Waals surface area contributed by atoms with E-state index in [9.17, 15) is 15.0 Å². The Bertz CT molecular complexity index is 917. The molecule has 0 saturated heterocycles. The molecule has 2 atom stereocenters. The highest BCUT2D eigenvalue weighted by Gasteiger charge is 2.17. The highest BCUT2D eigenvalue weighted by molar-refractivity contribution is 5.76. The molecule has 0 aliphatic rings. The first-order chi connectivity index (χ1) is 21.7. The Balaban J connectivity index is 3.68. The first kappa shape index (κ1) is 41.0. The van der Waals surface area contributed by atoms with E-state index in [1.165, 1.54) is 0 Å². The predicted molar refractivity (Wildman–Crippen MR) is 193 cm³/mol. The highest BCUT2D eigenvalue weighted by Crippen LogP contribution is 2.07. The maximum Gasteiger partial charge on any atom is 0.220 e. The van der Waals surface area contributed by atoms with Crippen molar-refractivity contribution in [2.75, 3.05) is 6.61 Å². The molecule has 0 aliphatic heterocycles. The summed E-state index contributed by atoms with van der Waals surface area (Å²) < 4.78 is 0. The molecule has 44 heavy (non-hydrogen) atoms. The van der Waals surface area contributed by atoms with Crippen molar-refractivity contribution >= 4 is 5.91 Å². The summed E-state index contributed by atoms with van der Waals surface area (Å²) in [6.45, 7) is 3.95. The van der Waals surface area contributed by atoms with Crippen LogP contribution >= 0.6 is 0 Å². The molecule has 0 aromatic carbocycles. The lowest BCUT2D eigenvalue weighted by Crippen LogP contribution is -2.45. The molecule has 1 amide bonds. The molecule has 246 valence electrons. The molecule has 3 N–H and O–H groups in total. The second-order valence-electron chi connectivity index (χ2n) is 10.8. The second kappa shape index (κ2) is 34.5. The van der Waals surface area contributed by atoms with Gasteiger partial charge >= 0.3 is 0 Å². The summed E-state index contributed by atoms with van der Waals surface area (Å²) in [4.78, 5) is 12.1. The van der Waals surface area contributed by atoms with E-state index in [0.29, 0.717) is 6.42 Å². The van der Waals surface area contributed by atoms with Crippen molar-refractivity contribution < 1.29 is 15.0 Å². The van der Waals surface area contributed by atoms with Gasteiger partial charge < -0.3 is 15.5 Å². The summed E-state index contributed by atoms with van der Waals surface area (Å²) >= 11 is 0. The lowest BCUT2D eigenvalue weighted by atomic mass is 10.1. The molecule has 4 nitrogen and oxygen atoms in total. The first-order valence-corrected chi connectivity index (χ1v) is 17.1. The average Bonchev–Trinajstić information content (AvgIpc) is 3.02. The number of amides is 1. The highest BCUT2D eigenvalue weighted by atomic mass is 16.3. The number of hydrogen-bond donors (Lipinski definition) is 3. The Morgan fingerprint density at radius 3 is 1.43 bits per heavy atom. The fraction of sp³-hybridized carbons (Fsp3) is 0.525. The van der Waals surface area contributed by atoms with E-state index in [1.54, 1.807) is 6.08 Å². The molecule has 4 heteroatoms. The zero-order valence-electron chi connectivity index (χ0n) is 27.9. The molecule has 2 unspecified atom stereocenters. The van der Waals surface area contributed by atoms with Gasteiger partial charge in [0.15, 0.2) is 0 Å². The van der Waals surface area contributed by atoms with E-state index in [1.807, 2.05) is 6.08 Å². The minimum atomic E-state index is -0.853. The Labute approximate surface area is 270 Å². The lowest BCUT2D eigenvalue weighted by molar-refractivity contribution is -0.123. The normalized spacial score (nSPS) is 14.5. The maximum atomic E-state index is 12.1. The van der Waals surface area contributed by atoms with E-state index >= 15 is 0 Å². The van der Waals surface area contributed by atoms with Crippen molar-refractivity contribution in [2.45, 2.75) is 129 Å². The molecular weight excluding hydrogens is 542 g/mol. The van der Waals surface area contributed by atoms with Gasteiger partial charge in [0.1, 0.15) is 0 Å². The summed E-state index contributed by atoms with van der Waals surface area (Å²) in [5.74, 6) is -0.109. The quantitative estimate of drug-likeness (QED) is 0.0614. The molecule has 0 rings (SSSR count). The largest absolute Gasteiger partial charge is 0.394 e. The van der Waals surface area contributed by atoms with Crippen molar-refractivity contribution in [3.8, 4) is 0 Å². The van der Waals surface area contributed by atoms with Gasteiger partial charge in [-0.2, -0.15) is 0 Å². The van der Waals surface area contributed by atoms with Crippen molar-refractivity contribution in [1.82, 2.24) is 5.32 Å². The van der Waals surface area contributed by atoms with E-state index in [-0.39, 0.29) is 12.5 Å². The molecule has 0 bridgehead atoms. The minimum absolute atomic E-state index is 0.109. The number of aliphatic hydroxyl groups excluding tert-OH is 2. The van der Waals surface area contributed by atoms with Crippen LogP contribution in [0.4, 0.5) is 0 Å². The van der Waals surface area contributed by atoms with Gasteiger partial charge in [-0.05, 0) is 77.0 Å². The number of carbonyl (C=O) groups is 1. The molecule has 0 heterocycles. The van der Waals surface area contributed by atoms with Crippen LogP contribution in [0.15, 0.2) is 109 Å². The number of carbonyl (C=O) groups excluding carboxylic acids is 1. The van der Waals surface area contributed by atoms with Crippen LogP contribution in [0.25, 0.3) is 0 Å². The molecule has 0 spiro atoms. The number of rotatable bonds is 28. The van der Waals surface area contributed by atoms with Gasteiger partial charge in [0.25, 0.3) is 0 Å². The zero-order chi connectivity index (χ0) is 32.2. The van der Waals surface area contributed by atoms with Gasteiger partial charge in [0, 0.05) is 6.42 Å². The summed E-state index contributed by atoms with van der Waals surface area (Å²) in [5, 5.41) is 22.3. The Kier molecular flexibility index (Phi) is 32.2. The topological polar surface area (TPSA) is 69.6 Å². The third kappa shape index (κ3) is 30.5. The number of hydrogen-bond acceptors (Lipinski definition) is 3. The molecule has 0 fully saturated rings. The standard InChI is InChI=1S/C40H63NO3/c1-3-5-7-8-9-10-11-12-13-14-15-16-17-18-19-20-21-22-23-24-25-26-27-28-29-30-31-32-34-36-40(44)41-38(37-42)39(43)35-33-6-4-2/h5,7,9-10,12-13,15-16,18-19,21-22,24-25,27-28,33,35,38-39,42-43H,3-4,6,8,11,14,17,20,23,26,29-32,34,36-37H2,1-2H3,(H,41,44)/b7-5-,10-9-,13-12-,16-15-,19-18-,22-21-,25-24-,28-27-,35-33+. The SMILES string of the molecule is CC/C=C\C/C=C\C/C=C\C/C=C\C/C=C\C/C=C\C/C=C\C/C=C\CCCCCCC(=O)NC(CO)C(O)/C=C/CCC. The Morgan fingerprint density at radius 2 is 1.00 bits per heavy atom. The van der Waals surface area contributed by atoms with E-state index in [0.717, 1.165) is 96.3 Å². The van der Waals surface area contributed by atoms with Crippen molar-refractivity contribution in [1.29, 1.82) is 0 Å². The third-order valence-corrected chi connectivity index (χ3v) is 6.74. The van der Waals surface area contributed by atoms with Gasteiger partial charge in [-0.1, -0.05) is 142 Å². The van der Waals surface area contributed by atoms with E-state index < -0.39 is 12.1 Å². The zero-order valence-corrected chi connectivity index (χ0v) is 27.9. The number of unbranched alkanes of at least 4 members (excludes halogenated alkanes) is 5. The smallest absolute Gasteiger partial charge is 0.220 e. The Morgan fingerprint density at radius 1 is 0.568 bits per heavy atom. The number of allylic oxidation sites excluding steroid dienone is 17. The summed E-state index contributed by atoms with van der Waals surface area (Å²) in [6.07, 6.45) is 53.7. The monoisotopic (exact) mass is 605 g/mol. The van der Waals surface area contributed by atoms with Crippen LogP contribution in [0, 0.1) is 0 Å². The summed E-state index contributed by atoms with van der Waals surface area (Å²) in [5.41, 5.74) is 0. The molecule has 0 aromatic rings. The van der Waals surface area contributed by atoms with Gasteiger partial charge in [-0.3, -0.25) is 4.79 Å². The van der Waals surface area contributed by atoms with Gasteiger partial charge in [0.2, 0.25) is 5.91 Å². The molecule has 0 aliphatic carbocycles. The fourth-order valence-corrected chi connectivity index (χ4v) is 4.14. The Hall–Kier alpha value is -2.95. The van der Waals surface area contributed by atoms with Crippen molar-refractivity contribution in [3.63, 3.8) is 0 Å². The molecule has 0 aromatic heterocycles. The summed E-state index contributed by atoms with van der Waals surface area (Å²) in [6, 6.07) is -0.639. The number of nitrogens with one attached hydrogen (secondary N) is 1. The third-order valence-electron chi connectivity index (χ3n) is 6.74. The minimum Gasteiger partial charge on any atom is -0.394 e. The average molecular weight is 606 g/mol. The van der Waals surface area contributed by atoms with Crippen LogP contribution < -0.4 is 5.32 Å². The van der Waals surface area contributed by atoms with Gasteiger partial charge in [0.05, 0.1) is 18.8 Å². The fourth-order valence-electron chi connectivity index (χ4n) is 4.14. The lowest BCUT2D eigenvalue weighted by Gasteiger charge is -2.19. The molecule has 0 saturated carbocycles. The summed E-state index contributed by atoms with van der Waals surface area (Å²) in [7, 11) is 0. The first-order valence-electron chi connectivity index (χ1n) is 17.1. The van der Waals surface area contributed by atoms with Crippen LogP contribution in [0.3, 0.4) is 0 Å². The van der Waals surface area contributed by atoms with Gasteiger partial charge in [-0.15, -0.1) is 0 Å². The van der Waals surface area contributed by atoms with Crippen molar-refractivity contribution in [2.24, 2.45) is 0 Å². The number of aliphatic hydroxyl groups is 2. The second-order valence-corrected chi connectivity index (χ2v) is 10.8. The van der Waals surface area contributed by atoms with Crippen LogP contribution in [0.1, 0.15) is 117 Å². The predicted octanol–water partition coefficient (Wildman–Crippen LogP) is 10.1. The van der Waals surface area contributed by atoms with Crippen LogP contribution in [0.2, 0.25) is 0 Å².